The minimum absolute atomic E-state index is 0.00130. The average molecular weight is 326 g/mol. The third-order valence-electron chi connectivity index (χ3n) is 6.20. The van der Waals surface area contributed by atoms with Gasteiger partial charge in [-0.2, -0.15) is 10.2 Å². The first-order valence-electron chi connectivity index (χ1n) is 8.81. The lowest BCUT2D eigenvalue weighted by atomic mass is 9.53. The molecule has 0 atom stereocenters. The van der Waals surface area contributed by atoms with Gasteiger partial charge in [0.1, 0.15) is 18.2 Å². The van der Waals surface area contributed by atoms with Crippen LogP contribution < -0.4 is 5.32 Å². The fraction of sp³-hybridized carbons (Fsp3) is 0.647. The molecule has 0 unspecified atom stereocenters. The van der Waals surface area contributed by atoms with Crippen LogP contribution in [0.2, 0.25) is 0 Å². The van der Waals surface area contributed by atoms with Crippen molar-refractivity contribution in [2.45, 2.75) is 44.1 Å². The van der Waals surface area contributed by atoms with Gasteiger partial charge in [0.25, 0.3) is 5.91 Å². The summed E-state index contributed by atoms with van der Waals surface area (Å²) in [6.07, 6.45) is 12.2. The second-order valence-electron chi connectivity index (χ2n) is 8.00. The molecule has 0 radical (unpaired) electrons. The Labute approximate surface area is 140 Å². The molecule has 4 fully saturated rings. The molecule has 4 aliphatic carbocycles. The first-order valence-corrected chi connectivity index (χ1v) is 8.81. The van der Waals surface area contributed by atoms with Gasteiger partial charge in [-0.3, -0.25) is 9.48 Å². The van der Waals surface area contributed by atoms with E-state index in [-0.39, 0.29) is 11.4 Å². The van der Waals surface area contributed by atoms with E-state index in [0.29, 0.717) is 11.4 Å². The van der Waals surface area contributed by atoms with Crippen LogP contribution in [0.3, 0.4) is 0 Å². The summed E-state index contributed by atoms with van der Waals surface area (Å²) in [7, 11) is 1.82. The normalized spacial score (nSPS) is 33.8. The van der Waals surface area contributed by atoms with E-state index in [1.165, 1.54) is 25.6 Å². The number of rotatable bonds is 3. The number of carbonyl (C=O) groups excluding carboxylic acids is 1. The third-order valence-corrected chi connectivity index (χ3v) is 6.20. The minimum Gasteiger partial charge on any atom is -0.346 e. The van der Waals surface area contributed by atoms with E-state index in [1.807, 2.05) is 7.05 Å². The second kappa shape index (κ2) is 4.91. The highest BCUT2D eigenvalue weighted by molar-refractivity contribution is 5.97. The van der Waals surface area contributed by atoms with Crippen molar-refractivity contribution in [2.24, 2.45) is 24.8 Å². The van der Waals surface area contributed by atoms with Crippen LogP contribution in [-0.2, 0) is 7.05 Å². The summed E-state index contributed by atoms with van der Waals surface area (Å²) in [5.74, 6) is 3.05. The topological polar surface area (TPSA) is 77.6 Å². The van der Waals surface area contributed by atoms with Crippen molar-refractivity contribution in [2.75, 3.05) is 0 Å². The number of hydrogen-bond acceptors (Lipinski definition) is 4. The zero-order chi connectivity index (χ0) is 16.3. The standard InChI is InChI=1S/C17H22N6O/c1-22-16(23-10-18-9-20-23)14(8-19-22)15(24)21-17-5-11-2-12(6-17)4-13(3-11)7-17/h8-13H,2-7H2,1H3,(H,21,24). The van der Waals surface area contributed by atoms with Gasteiger partial charge in [0.15, 0.2) is 5.82 Å². The third kappa shape index (κ3) is 2.10. The van der Waals surface area contributed by atoms with Gasteiger partial charge in [-0.25, -0.2) is 9.67 Å². The number of hydrogen-bond donors (Lipinski definition) is 1. The summed E-state index contributed by atoms with van der Waals surface area (Å²) in [4.78, 5) is 17.0. The van der Waals surface area contributed by atoms with Crippen molar-refractivity contribution in [3.63, 3.8) is 0 Å². The molecule has 0 aliphatic heterocycles. The molecule has 2 aromatic rings. The summed E-state index contributed by atoms with van der Waals surface area (Å²) in [6, 6.07) is 0. The predicted molar refractivity (Wildman–Crippen MR) is 86.5 cm³/mol. The molecule has 1 amide bonds. The second-order valence-corrected chi connectivity index (χ2v) is 8.00. The molecular formula is C17H22N6O. The summed E-state index contributed by atoms with van der Waals surface area (Å²) >= 11 is 0. The molecule has 24 heavy (non-hydrogen) atoms. The van der Waals surface area contributed by atoms with Crippen molar-refractivity contribution in [3.8, 4) is 5.82 Å². The number of amides is 1. The molecule has 4 bridgehead atoms. The highest BCUT2D eigenvalue weighted by atomic mass is 16.2. The largest absolute Gasteiger partial charge is 0.346 e. The van der Waals surface area contributed by atoms with E-state index in [1.54, 1.807) is 21.9 Å². The van der Waals surface area contributed by atoms with E-state index >= 15 is 0 Å². The smallest absolute Gasteiger partial charge is 0.257 e. The maximum atomic E-state index is 13.0. The monoisotopic (exact) mass is 326 g/mol. The van der Waals surface area contributed by atoms with Crippen LogP contribution in [0.15, 0.2) is 18.9 Å². The maximum absolute atomic E-state index is 13.0. The van der Waals surface area contributed by atoms with Crippen LogP contribution in [-0.4, -0.2) is 36.0 Å². The number of nitrogens with zero attached hydrogens (tertiary/aromatic N) is 5. The van der Waals surface area contributed by atoms with Gasteiger partial charge in [-0.1, -0.05) is 0 Å². The highest BCUT2D eigenvalue weighted by Gasteiger charge is 2.51. The van der Waals surface area contributed by atoms with Crippen LogP contribution in [0.1, 0.15) is 48.9 Å². The molecule has 0 aromatic carbocycles. The van der Waals surface area contributed by atoms with Crippen LogP contribution >= 0.6 is 0 Å². The van der Waals surface area contributed by atoms with Gasteiger partial charge in [0.05, 0.1) is 6.20 Å². The number of carbonyl (C=O) groups is 1. The Hall–Kier alpha value is -2.18. The quantitative estimate of drug-likeness (QED) is 0.931. The predicted octanol–water partition coefficient (Wildman–Crippen LogP) is 1.70. The molecule has 0 spiro atoms. The summed E-state index contributed by atoms with van der Waals surface area (Å²) in [5, 5.41) is 11.8. The number of aromatic nitrogens is 5. The molecule has 2 heterocycles. The lowest BCUT2D eigenvalue weighted by Gasteiger charge is -2.56. The van der Waals surface area contributed by atoms with E-state index in [0.717, 1.165) is 37.0 Å². The molecule has 0 saturated heterocycles. The first kappa shape index (κ1) is 14.2. The molecule has 1 N–H and O–H groups in total. The lowest BCUT2D eigenvalue weighted by molar-refractivity contribution is -0.0167. The Morgan fingerprint density at radius 2 is 1.83 bits per heavy atom. The zero-order valence-corrected chi connectivity index (χ0v) is 13.9. The Morgan fingerprint density at radius 3 is 2.42 bits per heavy atom. The van der Waals surface area contributed by atoms with Gasteiger partial charge in [0.2, 0.25) is 0 Å². The Morgan fingerprint density at radius 1 is 1.17 bits per heavy atom. The highest BCUT2D eigenvalue weighted by Crippen LogP contribution is 2.55. The van der Waals surface area contributed by atoms with Gasteiger partial charge in [-0.05, 0) is 56.3 Å². The van der Waals surface area contributed by atoms with Gasteiger partial charge < -0.3 is 5.32 Å². The van der Waals surface area contributed by atoms with Crippen molar-refractivity contribution in [3.05, 3.63) is 24.4 Å². The van der Waals surface area contributed by atoms with E-state index in [2.05, 4.69) is 20.5 Å². The molecule has 4 aliphatic rings. The van der Waals surface area contributed by atoms with Crippen molar-refractivity contribution in [1.29, 1.82) is 0 Å². The van der Waals surface area contributed by atoms with Crippen LogP contribution in [0.25, 0.3) is 5.82 Å². The fourth-order valence-electron chi connectivity index (χ4n) is 5.75. The SMILES string of the molecule is Cn1ncc(C(=O)NC23CC4CC(CC(C4)C2)C3)c1-n1cncn1. The molecule has 7 nitrogen and oxygen atoms in total. The van der Waals surface area contributed by atoms with Gasteiger partial charge >= 0.3 is 0 Å². The number of aryl methyl sites for hydroxylation is 1. The molecule has 126 valence electrons. The summed E-state index contributed by atoms with van der Waals surface area (Å²) in [5.41, 5.74) is 0.570. The number of nitrogens with one attached hydrogen (secondary N) is 1. The Kier molecular flexibility index (Phi) is 2.90. The summed E-state index contributed by atoms with van der Waals surface area (Å²) < 4.78 is 3.27. The Bertz CT molecular complexity index is 742. The van der Waals surface area contributed by atoms with Gasteiger partial charge in [0, 0.05) is 12.6 Å². The molecule has 6 rings (SSSR count). The van der Waals surface area contributed by atoms with Crippen molar-refractivity contribution >= 4 is 5.91 Å². The molecule has 4 saturated carbocycles. The van der Waals surface area contributed by atoms with E-state index in [4.69, 9.17) is 0 Å². The lowest BCUT2D eigenvalue weighted by Crippen LogP contribution is -2.59. The first-order chi connectivity index (χ1) is 11.6. The summed E-state index contributed by atoms with van der Waals surface area (Å²) in [6.45, 7) is 0. The maximum Gasteiger partial charge on any atom is 0.257 e. The minimum atomic E-state index is -0.0319. The zero-order valence-electron chi connectivity index (χ0n) is 13.9. The van der Waals surface area contributed by atoms with Crippen LogP contribution in [0.5, 0.6) is 0 Å². The Balaban J connectivity index is 1.44. The van der Waals surface area contributed by atoms with E-state index < -0.39 is 0 Å². The average Bonchev–Trinajstić information content (AvgIpc) is 3.14. The van der Waals surface area contributed by atoms with Crippen molar-refractivity contribution in [1.82, 2.24) is 29.9 Å². The van der Waals surface area contributed by atoms with E-state index in [9.17, 15) is 4.79 Å². The molecular weight excluding hydrogens is 304 g/mol. The molecule has 7 heteroatoms. The van der Waals surface area contributed by atoms with Crippen LogP contribution in [0, 0.1) is 17.8 Å². The fourth-order valence-corrected chi connectivity index (χ4v) is 5.75. The molecule has 2 aromatic heterocycles. The van der Waals surface area contributed by atoms with Crippen LogP contribution in [0.4, 0.5) is 0 Å². The van der Waals surface area contributed by atoms with Crippen molar-refractivity contribution < 1.29 is 4.79 Å². The van der Waals surface area contributed by atoms with Gasteiger partial charge in [-0.15, -0.1) is 0 Å².